The smallest absolute Gasteiger partial charge is 0.320 e. The number of aliphatic hydroxyl groups excluding tert-OH is 1. The number of pyridine rings is 1. The molecule has 8 aromatic rings. The van der Waals surface area contributed by atoms with Gasteiger partial charge >= 0.3 is 5.97 Å². The number of thiazole rings is 6. The maximum absolute atomic E-state index is 14.4. The summed E-state index contributed by atoms with van der Waals surface area (Å²) in [6.45, 7) is 9.95. The molecule has 22 nitrogen and oxygen atoms in total. The van der Waals surface area contributed by atoms with Crippen LogP contribution in [0.2, 0.25) is 0 Å². The van der Waals surface area contributed by atoms with Crippen molar-refractivity contribution in [3.05, 3.63) is 118 Å². The standard InChI is InChI=1S/C54H55N13O9S6/c1-24(2)29-16-36(68)43-26(4)81-52(67-43)32(17-40(70)56-5)59-47(73)34-21-77-48(61-34)28-12-14-31(50-64-38(23-80-50)63-39(69)15-13-30(55)54(74)75)58-44(28)33-20-78-51(60-33)35-22-79-53(62-35)45(46(72)27-10-8-7-9-11-27)65-41(71)18-57-25(3)42-37(19-76-6)82-49(29)66-42/h7-12,14,20-24,29-30,32,45-46,57,72H,3,13,15-19,55H2,1-2,4-6H3,(H,56,70)(H,59,73)(H,63,69)(H,65,71)(H,74,75)/t29-,30+,32+,45+,46+/m1/s1. The molecule has 0 saturated carbocycles. The Hall–Kier alpha value is -7.41. The highest BCUT2D eigenvalue weighted by Gasteiger charge is 2.33. The Labute approximate surface area is 493 Å². The van der Waals surface area contributed by atoms with Crippen molar-refractivity contribution in [2.75, 3.05) is 26.0 Å². The second kappa shape index (κ2) is 26.2. The molecule has 0 saturated heterocycles. The number of hydrogen-bond donors (Lipinski definition) is 8. The SMILES string of the molecule is C=C1NCC(=O)N[C@@H]([C@@H](O)c2ccccc2)c2nc(cs2)-c2nc(cs2)-c2nc(-c3nc(NC(=O)CC[C@H](N)C(=O)O)cs3)ccc2-c2nc(cs2)C(=O)N[C@@H](CC(=O)NC)c2nc(c(C)s2)C(=O)C[C@H](C(C)C)c2nc1c(COC)s2. The maximum atomic E-state index is 14.4. The van der Waals surface area contributed by atoms with Gasteiger partial charge in [0.25, 0.3) is 5.91 Å². The predicted molar refractivity (Wildman–Crippen MR) is 317 cm³/mol. The Morgan fingerprint density at radius 3 is 2.24 bits per heavy atom. The molecule has 8 heterocycles. The summed E-state index contributed by atoms with van der Waals surface area (Å²) in [5, 5.41) is 45.0. The van der Waals surface area contributed by atoms with Crippen molar-refractivity contribution in [2.24, 2.45) is 11.7 Å². The van der Waals surface area contributed by atoms with Gasteiger partial charge in [0.15, 0.2) is 5.78 Å². The van der Waals surface area contributed by atoms with E-state index in [1.54, 1.807) is 72.0 Å². The number of anilines is 1. The van der Waals surface area contributed by atoms with Gasteiger partial charge in [0, 0.05) is 64.9 Å². The van der Waals surface area contributed by atoms with E-state index in [0.717, 1.165) is 4.88 Å². The van der Waals surface area contributed by atoms with E-state index in [1.807, 2.05) is 19.9 Å². The first-order valence-electron chi connectivity index (χ1n) is 25.5. The first kappa shape index (κ1) is 59.2. The van der Waals surface area contributed by atoms with Crippen LogP contribution >= 0.6 is 68.0 Å². The van der Waals surface area contributed by atoms with E-state index in [2.05, 4.69) is 38.1 Å². The molecule has 1 aliphatic heterocycles. The van der Waals surface area contributed by atoms with Crippen LogP contribution in [0.5, 0.6) is 0 Å². The second-order valence-corrected chi connectivity index (χ2v) is 25.0. The number of nitrogens with zero attached hydrogens (tertiary/aromatic N) is 7. The summed E-state index contributed by atoms with van der Waals surface area (Å²) in [6.07, 6.45) is -1.57. The third-order valence-corrected chi connectivity index (χ3v) is 18.8. The van der Waals surface area contributed by atoms with Crippen molar-refractivity contribution in [3.63, 3.8) is 0 Å². The predicted octanol–water partition coefficient (Wildman–Crippen LogP) is 8.16. The Bertz CT molecular complexity index is 3680. The number of aryl methyl sites for hydroxylation is 1. The summed E-state index contributed by atoms with van der Waals surface area (Å²) in [7, 11) is 3.05. The molecule has 5 atom stereocenters. The number of nitrogens with one attached hydrogen (secondary N) is 5. The first-order valence-corrected chi connectivity index (χ1v) is 30.6. The lowest BCUT2D eigenvalue weighted by Gasteiger charge is -2.23. The van der Waals surface area contributed by atoms with Gasteiger partial charge in [-0.3, -0.25) is 28.8 Å². The number of carboxylic acids is 1. The number of hydrogen-bond acceptors (Lipinski definition) is 23. The average Bonchev–Trinajstić information content (AvgIpc) is 4.44. The van der Waals surface area contributed by atoms with Gasteiger partial charge in [-0.25, -0.2) is 34.9 Å². The summed E-state index contributed by atoms with van der Waals surface area (Å²) >= 11 is 7.48. The highest BCUT2D eigenvalue weighted by Crippen LogP contribution is 2.41. The van der Waals surface area contributed by atoms with Crippen molar-refractivity contribution >= 4 is 115 Å². The van der Waals surface area contributed by atoms with Gasteiger partial charge in [-0.1, -0.05) is 50.8 Å². The number of aromatic nitrogens is 7. The van der Waals surface area contributed by atoms with Crippen LogP contribution < -0.4 is 32.3 Å². The van der Waals surface area contributed by atoms with Gasteiger partial charge in [-0.15, -0.1) is 68.0 Å². The van der Waals surface area contributed by atoms with Crippen LogP contribution in [-0.4, -0.2) is 107 Å². The molecule has 10 bridgehead atoms. The summed E-state index contributed by atoms with van der Waals surface area (Å²) in [4.78, 5) is 115. The average molecular weight is 1220 g/mol. The van der Waals surface area contributed by atoms with Gasteiger partial charge in [0.05, 0.1) is 46.9 Å². The quantitative estimate of drug-likeness (QED) is 0.0539. The minimum absolute atomic E-state index is 0.0386. The van der Waals surface area contributed by atoms with Crippen LogP contribution in [0.4, 0.5) is 5.82 Å². The Morgan fingerprint density at radius 2 is 1.50 bits per heavy atom. The molecule has 82 heavy (non-hydrogen) atoms. The van der Waals surface area contributed by atoms with E-state index in [9.17, 15) is 33.9 Å². The Morgan fingerprint density at radius 1 is 0.793 bits per heavy atom. The van der Waals surface area contributed by atoms with E-state index < -0.39 is 47.9 Å². The molecule has 0 fully saturated rings. The molecular formula is C54H55N13O9S6. The summed E-state index contributed by atoms with van der Waals surface area (Å²) in [5.41, 5.74) is 9.36. The number of nitrogens with two attached hydrogens (primary N) is 1. The zero-order valence-electron chi connectivity index (χ0n) is 44.7. The van der Waals surface area contributed by atoms with Crippen LogP contribution in [0.3, 0.4) is 0 Å². The lowest BCUT2D eigenvalue weighted by Crippen LogP contribution is -2.38. The van der Waals surface area contributed by atoms with E-state index in [1.165, 1.54) is 75.1 Å². The van der Waals surface area contributed by atoms with E-state index in [0.29, 0.717) is 80.2 Å². The van der Waals surface area contributed by atoms with Crippen molar-refractivity contribution in [3.8, 4) is 43.4 Å². The van der Waals surface area contributed by atoms with E-state index >= 15 is 0 Å². The number of carbonyl (C=O) groups excluding carboxylic acids is 5. The number of Topliss-reactive ketones (excluding diaryl/α,β-unsaturated/α-hetero) is 1. The number of fused-ring (bicyclic) bond motifs is 14. The summed E-state index contributed by atoms with van der Waals surface area (Å²) in [6, 6.07) is 9.27. The normalized spacial score (nSPS) is 16.9. The van der Waals surface area contributed by atoms with Crippen molar-refractivity contribution in [1.82, 2.24) is 56.2 Å². The van der Waals surface area contributed by atoms with Gasteiger partial charge < -0.3 is 47.3 Å². The molecule has 0 radical (unpaired) electrons. The van der Waals surface area contributed by atoms with Gasteiger partial charge in [0.1, 0.15) is 83.2 Å². The minimum atomic E-state index is -1.22. The lowest BCUT2D eigenvalue weighted by atomic mass is 9.90. The number of benzene rings is 1. The number of amides is 4. The number of rotatable bonds is 13. The third kappa shape index (κ3) is 13.7. The number of aliphatic hydroxyl groups is 1. The van der Waals surface area contributed by atoms with Crippen LogP contribution in [-0.2, 0) is 30.5 Å². The number of carboxylic acid groups (broad SMARTS) is 1. The fraction of sp³-hybridized carbons (Fsp3) is 0.315. The molecule has 9 N–H and O–H groups in total. The van der Waals surface area contributed by atoms with E-state index in [-0.39, 0.29) is 79.6 Å². The zero-order chi connectivity index (χ0) is 58.4. The fourth-order valence-corrected chi connectivity index (χ4v) is 14.2. The van der Waals surface area contributed by atoms with E-state index in [4.69, 9.17) is 45.5 Å². The zero-order valence-corrected chi connectivity index (χ0v) is 49.6. The molecule has 4 amide bonds. The van der Waals surface area contributed by atoms with Crippen LogP contribution in [0.25, 0.3) is 49.1 Å². The topological polar surface area (TPSA) is 329 Å². The molecule has 9 rings (SSSR count). The van der Waals surface area contributed by atoms with Crippen LogP contribution in [0, 0.1) is 12.8 Å². The van der Waals surface area contributed by atoms with Gasteiger partial charge in [-0.05, 0) is 37.0 Å². The molecule has 0 unspecified atom stereocenters. The number of ketones is 1. The number of ether oxygens (including phenoxy) is 1. The molecule has 28 heteroatoms. The fourth-order valence-electron chi connectivity index (χ4n) is 8.60. The maximum Gasteiger partial charge on any atom is 0.320 e. The lowest BCUT2D eigenvalue weighted by molar-refractivity contribution is -0.138. The van der Waals surface area contributed by atoms with Crippen LogP contribution in [0.1, 0.15) is 121 Å². The summed E-state index contributed by atoms with van der Waals surface area (Å²) in [5.74, 6) is -3.57. The van der Waals surface area contributed by atoms with Crippen molar-refractivity contribution in [2.45, 2.75) is 83.2 Å². The first-order chi connectivity index (χ1) is 39.4. The van der Waals surface area contributed by atoms with Crippen molar-refractivity contribution in [1.29, 1.82) is 0 Å². The highest BCUT2D eigenvalue weighted by atomic mass is 32.1. The Kier molecular flexibility index (Phi) is 18.9. The largest absolute Gasteiger partial charge is 0.480 e. The third-order valence-electron chi connectivity index (χ3n) is 13.0. The molecule has 1 aliphatic rings. The summed E-state index contributed by atoms with van der Waals surface area (Å²) < 4.78 is 5.57. The molecule has 0 aliphatic carbocycles. The van der Waals surface area contributed by atoms with Crippen LogP contribution in [0.15, 0.2) is 70.6 Å². The highest BCUT2D eigenvalue weighted by molar-refractivity contribution is 7.15. The molecule has 7 aromatic heterocycles. The second-order valence-electron chi connectivity index (χ2n) is 19.1. The molecule has 0 spiro atoms. The van der Waals surface area contributed by atoms with Crippen molar-refractivity contribution < 1.29 is 43.7 Å². The molecule has 426 valence electrons. The molecule has 1 aromatic carbocycles. The molecular weight excluding hydrogens is 1170 g/mol. The number of carbonyl (C=O) groups is 6. The van der Waals surface area contributed by atoms with Gasteiger partial charge in [0.2, 0.25) is 17.7 Å². The van der Waals surface area contributed by atoms with Gasteiger partial charge in [-0.2, -0.15) is 0 Å². The number of aliphatic carboxylic acids is 1. The minimum Gasteiger partial charge on any atom is -0.480 e. The monoisotopic (exact) mass is 1220 g/mol. The Balaban J connectivity index is 1.11. The number of methoxy groups -OCH3 is 1.